The fourth-order valence-corrected chi connectivity index (χ4v) is 6.97. The van der Waals surface area contributed by atoms with E-state index in [-0.39, 0.29) is 12.4 Å². The smallest absolute Gasteiger partial charge is 0.0666 e. The summed E-state index contributed by atoms with van der Waals surface area (Å²) < 4.78 is 5.57. The molecule has 0 aromatic heterocycles. The van der Waals surface area contributed by atoms with Crippen molar-refractivity contribution < 1.29 is 4.74 Å². The molecule has 2 heterocycles. The van der Waals surface area contributed by atoms with Crippen LogP contribution < -0.4 is 9.80 Å². The van der Waals surface area contributed by atoms with E-state index >= 15 is 0 Å². The highest BCUT2D eigenvalue weighted by Crippen LogP contribution is 2.49. The minimum Gasteiger partial charge on any atom is -0.383 e. The van der Waals surface area contributed by atoms with Crippen LogP contribution in [0.2, 0.25) is 0 Å². The molecule has 3 fully saturated rings. The predicted molar refractivity (Wildman–Crippen MR) is 154 cm³/mol. The molecule has 0 N–H and O–H groups in total. The zero-order valence-corrected chi connectivity index (χ0v) is 23.9. The first kappa shape index (κ1) is 28.6. The van der Waals surface area contributed by atoms with Crippen molar-refractivity contribution in [3.8, 4) is 0 Å². The van der Waals surface area contributed by atoms with Gasteiger partial charge in [-0.1, -0.05) is 40.0 Å². The lowest BCUT2D eigenvalue weighted by atomic mass is 9.66. The Balaban J connectivity index is 0.00000342. The molecule has 0 radical (unpaired) electrons. The molecule has 1 unspecified atom stereocenters. The second kappa shape index (κ2) is 13.5. The van der Waals surface area contributed by atoms with Crippen molar-refractivity contribution in [3.05, 3.63) is 23.8 Å². The number of benzene rings is 1. The van der Waals surface area contributed by atoms with Gasteiger partial charge in [-0.05, 0) is 86.6 Å². The van der Waals surface area contributed by atoms with Gasteiger partial charge in [-0.15, -0.1) is 12.4 Å². The number of hydrogen-bond acceptors (Lipinski definition) is 4. The molecule has 2 aliphatic heterocycles. The molecule has 1 aromatic rings. The van der Waals surface area contributed by atoms with Crippen LogP contribution in [-0.2, 0) is 4.74 Å². The molecule has 1 atom stereocenters. The standard InChI is InChI=1S/C30H51N3O.ClH/c1-5-8-17-31-19-21-32(22-20-31)29-12-11-26(33-18-9-10-27(33)24-34-4)23-28(29)25-13-15-30(6-2,7-3)16-14-25;/h11-12,23,25,27H,5-10,13-22,24H2,1-4H3;1H. The first-order valence-electron chi connectivity index (χ1n) is 14.5. The lowest BCUT2D eigenvalue weighted by Crippen LogP contribution is -2.47. The van der Waals surface area contributed by atoms with Gasteiger partial charge >= 0.3 is 0 Å². The number of nitrogens with zero attached hydrogens (tertiary/aromatic N) is 3. The van der Waals surface area contributed by atoms with Gasteiger partial charge in [0.15, 0.2) is 0 Å². The van der Waals surface area contributed by atoms with Crippen LogP contribution in [0.4, 0.5) is 11.4 Å². The topological polar surface area (TPSA) is 19.0 Å². The summed E-state index contributed by atoms with van der Waals surface area (Å²) in [5, 5.41) is 0. The molecule has 2 saturated heterocycles. The number of piperazine rings is 1. The minimum atomic E-state index is 0. The van der Waals surface area contributed by atoms with Gasteiger partial charge < -0.3 is 14.5 Å². The Hall–Kier alpha value is -0.970. The van der Waals surface area contributed by atoms with E-state index in [2.05, 4.69) is 53.7 Å². The number of hydrogen-bond donors (Lipinski definition) is 0. The third-order valence-electron chi connectivity index (χ3n) is 9.61. The predicted octanol–water partition coefficient (Wildman–Crippen LogP) is 7.11. The minimum absolute atomic E-state index is 0. The zero-order valence-electron chi connectivity index (χ0n) is 23.1. The van der Waals surface area contributed by atoms with Gasteiger partial charge in [-0.2, -0.15) is 0 Å². The Kier molecular flexibility index (Phi) is 11.1. The maximum atomic E-state index is 5.57. The largest absolute Gasteiger partial charge is 0.383 e. The fraction of sp³-hybridized carbons (Fsp3) is 0.800. The van der Waals surface area contributed by atoms with Crippen molar-refractivity contribution >= 4 is 23.8 Å². The lowest BCUT2D eigenvalue weighted by Gasteiger charge is -2.42. The van der Waals surface area contributed by atoms with Gasteiger partial charge in [0.1, 0.15) is 0 Å². The summed E-state index contributed by atoms with van der Waals surface area (Å²) in [7, 11) is 1.85. The molecule has 4 nitrogen and oxygen atoms in total. The SMILES string of the molecule is CCCCN1CCN(c2ccc(N3CCCC3COC)cc2C2CCC(CC)(CC)CC2)CC1.Cl. The molecule has 3 aliphatic rings. The molecule has 0 amide bonds. The fourth-order valence-electron chi connectivity index (χ4n) is 6.97. The Labute approximate surface area is 222 Å². The number of anilines is 2. The molecule has 0 bridgehead atoms. The van der Waals surface area contributed by atoms with E-state index in [4.69, 9.17) is 4.74 Å². The lowest BCUT2D eigenvalue weighted by molar-refractivity contribution is 0.159. The number of rotatable bonds is 10. The normalized spacial score (nSPS) is 23.5. The third kappa shape index (κ3) is 6.67. The van der Waals surface area contributed by atoms with Gasteiger partial charge in [0.25, 0.3) is 0 Å². The van der Waals surface area contributed by atoms with Crippen LogP contribution in [0.5, 0.6) is 0 Å². The average Bonchev–Trinajstić information content (AvgIpc) is 3.36. The van der Waals surface area contributed by atoms with Crippen molar-refractivity contribution in [2.75, 3.05) is 62.8 Å². The van der Waals surface area contributed by atoms with Crippen LogP contribution in [0.3, 0.4) is 0 Å². The summed E-state index contributed by atoms with van der Waals surface area (Å²) in [6.45, 7) is 15.2. The molecule has 0 spiro atoms. The first-order valence-corrected chi connectivity index (χ1v) is 14.5. The number of halogens is 1. The van der Waals surface area contributed by atoms with Crippen LogP contribution in [0.1, 0.15) is 96.5 Å². The second-order valence-electron chi connectivity index (χ2n) is 11.4. The van der Waals surface area contributed by atoms with Crippen molar-refractivity contribution in [2.45, 2.75) is 96.9 Å². The van der Waals surface area contributed by atoms with E-state index in [1.165, 1.54) is 115 Å². The summed E-state index contributed by atoms with van der Waals surface area (Å²) in [6.07, 6.45) is 13.4. The van der Waals surface area contributed by atoms with Crippen molar-refractivity contribution in [1.29, 1.82) is 0 Å². The van der Waals surface area contributed by atoms with Crippen LogP contribution in [0.15, 0.2) is 18.2 Å². The molecule has 200 valence electrons. The maximum Gasteiger partial charge on any atom is 0.0666 e. The average molecular weight is 506 g/mol. The Morgan fingerprint density at radius 1 is 0.943 bits per heavy atom. The van der Waals surface area contributed by atoms with E-state index < -0.39 is 0 Å². The molecule has 5 heteroatoms. The Morgan fingerprint density at radius 2 is 1.66 bits per heavy atom. The molecule has 1 saturated carbocycles. The van der Waals surface area contributed by atoms with E-state index in [0.717, 1.165) is 6.61 Å². The summed E-state index contributed by atoms with van der Waals surface area (Å²) in [5.74, 6) is 0.711. The van der Waals surface area contributed by atoms with Crippen molar-refractivity contribution in [2.24, 2.45) is 5.41 Å². The van der Waals surface area contributed by atoms with Gasteiger partial charge in [-0.25, -0.2) is 0 Å². The highest BCUT2D eigenvalue weighted by Gasteiger charge is 2.35. The van der Waals surface area contributed by atoms with Gasteiger partial charge in [0, 0.05) is 51.2 Å². The summed E-state index contributed by atoms with van der Waals surface area (Å²) >= 11 is 0. The molecular formula is C30H52ClN3O. The zero-order chi connectivity index (χ0) is 24.0. The summed E-state index contributed by atoms with van der Waals surface area (Å²) in [6, 6.07) is 8.03. The van der Waals surface area contributed by atoms with Crippen LogP contribution in [0, 0.1) is 5.41 Å². The second-order valence-corrected chi connectivity index (χ2v) is 11.4. The molecule has 4 rings (SSSR count). The Morgan fingerprint density at radius 3 is 2.29 bits per heavy atom. The quantitative estimate of drug-likeness (QED) is 0.337. The van der Waals surface area contributed by atoms with Crippen molar-refractivity contribution in [3.63, 3.8) is 0 Å². The monoisotopic (exact) mass is 505 g/mol. The molecule has 1 aromatic carbocycles. The third-order valence-corrected chi connectivity index (χ3v) is 9.61. The van der Waals surface area contributed by atoms with Crippen molar-refractivity contribution in [1.82, 2.24) is 4.90 Å². The highest BCUT2D eigenvalue weighted by atomic mass is 35.5. The number of ether oxygens (including phenoxy) is 1. The first-order chi connectivity index (χ1) is 16.6. The van der Waals surface area contributed by atoms with Crippen LogP contribution in [0.25, 0.3) is 0 Å². The summed E-state index contributed by atoms with van der Waals surface area (Å²) in [4.78, 5) is 8.01. The molecule has 35 heavy (non-hydrogen) atoms. The number of methoxy groups -OCH3 is 1. The number of unbranched alkanes of at least 4 members (excludes halogenated alkanes) is 1. The molecular weight excluding hydrogens is 454 g/mol. The maximum absolute atomic E-state index is 5.57. The van der Waals surface area contributed by atoms with Crippen LogP contribution >= 0.6 is 12.4 Å². The van der Waals surface area contributed by atoms with E-state index in [0.29, 0.717) is 17.4 Å². The summed E-state index contributed by atoms with van der Waals surface area (Å²) in [5.41, 5.74) is 5.20. The Bertz CT molecular complexity index is 750. The van der Waals surface area contributed by atoms with Gasteiger partial charge in [0.05, 0.1) is 12.6 Å². The van der Waals surface area contributed by atoms with Crippen LogP contribution in [-0.4, -0.2) is 63.9 Å². The highest BCUT2D eigenvalue weighted by molar-refractivity contribution is 5.85. The van der Waals surface area contributed by atoms with E-state index in [1.807, 2.05) is 7.11 Å². The van der Waals surface area contributed by atoms with E-state index in [9.17, 15) is 0 Å². The van der Waals surface area contributed by atoms with Gasteiger partial charge in [0.2, 0.25) is 0 Å². The van der Waals surface area contributed by atoms with E-state index in [1.54, 1.807) is 5.56 Å². The molecule has 1 aliphatic carbocycles. The van der Waals surface area contributed by atoms with Gasteiger partial charge in [-0.3, -0.25) is 4.90 Å².